The molecule has 6 nitrogen and oxygen atoms in total. The SMILES string of the molecule is CCOCC(=O)/C(C=O)=C/c1ccnc(NC)c1NC. The fourth-order valence-electron chi connectivity index (χ4n) is 1.68. The lowest BCUT2D eigenvalue weighted by molar-refractivity contribution is -0.121. The van der Waals surface area contributed by atoms with E-state index in [-0.39, 0.29) is 18.0 Å². The second-order valence-corrected chi connectivity index (χ2v) is 3.90. The molecule has 0 saturated heterocycles. The molecule has 1 heterocycles. The predicted octanol–water partition coefficient (Wildman–Crippen LogP) is 1.35. The maximum Gasteiger partial charge on any atom is 0.191 e. The Bertz CT molecular complexity index is 512. The van der Waals surface area contributed by atoms with E-state index in [2.05, 4.69) is 15.6 Å². The summed E-state index contributed by atoms with van der Waals surface area (Å²) < 4.78 is 5.03. The first-order chi connectivity index (χ1) is 9.67. The third-order valence-corrected chi connectivity index (χ3v) is 2.67. The first kappa shape index (κ1) is 15.8. The molecule has 0 aromatic carbocycles. The Morgan fingerprint density at radius 3 is 2.70 bits per heavy atom. The van der Waals surface area contributed by atoms with Gasteiger partial charge in [0.2, 0.25) is 0 Å². The van der Waals surface area contributed by atoms with Crippen LogP contribution >= 0.6 is 0 Å². The molecule has 0 amide bonds. The second kappa shape index (κ2) is 8.06. The van der Waals surface area contributed by atoms with Gasteiger partial charge in [-0.05, 0) is 19.1 Å². The number of rotatable bonds is 8. The molecule has 0 saturated carbocycles. The molecule has 0 spiro atoms. The van der Waals surface area contributed by atoms with Gasteiger partial charge in [0, 0.05) is 32.5 Å². The Morgan fingerprint density at radius 1 is 1.40 bits per heavy atom. The maximum absolute atomic E-state index is 11.8. The Balaban J connectivity index is 3.12. The summed E-state index contributed by atoms with van der Waals surface area (Å²) in [7, 11) is 3.50. The minimum absolute atomic E-state index is 0.0724. The molecular weight excluding hydrogens is 258 g/mol. The van der Waals surface area contributed by atoms with Crippen LogP contribution in [0.4, 0.5) is 11.5 Å². The smallest absolute Gasteiger partial charge is 0.191 e. The summed E-state index contributed by atoms with van der Waals surface area (Å²) in [5.74, 6) is 0.301. The number of pyridine rings is 1. The number of hydrogen-bond acceptors (Lipinski definition) is 6. The molecule has 0 radical (unpaired) electrons. The monoisotopic (exact) mass is 277 g/mol. The van der Waals surface area contributed by atoms with Crippen LogP contribution in [0, 0.1) is 0 Å². The second-order valence-electron chi connectivity index (χ2n) is 3.90. The van der Waals surface area contributed by atoms with Crippen molar-refractivity contribution in [1.82, 2.24) is 4.98 Å². The number of nitrogens with one attached hydrogen (secondary N) is 2. The number of aldehydes is 1. The lowest BCUT2D eigenvalue weighted by atomic mass is 10.1. The van der Waals surface area contributed by atoms with Gasteiger partial charge < -0.3 is 15.4 Å². The summed E-state index contributed by atoms with van der Waals surface area (Å²) in [5.41, 5.74) is 1.50. The molecule has 2 N–H and O–H groups in total. The number of hydrogen-bond donors (Lipinski definition) is 2. The number of carbonyl (C=O) groups excluding carboxylic acids is 2. The molecular formula is C14H19N3O3. The number of ketones is 1. The van der Waals surface area contributed by atoms with Gasteiger partial charge in [-0.3, -0.25) is 9.59 Å². The van der Waals surface area contributed by atoms with Gasteiger partial charge in [0.15, 0.2) is 12.1 Å². The van der Waals surface area contributed by atoms with E-state index in [0.29, 0.717) is 24.3 Å². The summed E-state index contributed by atoms with van der Waals surface area (Å²) in [5, 5.41) is 5.94. The third kappa shape index (κ3) is 3.89. The van der Waals surface area contributed by atoms with Gasteiger partial charge in [0.1, 0.15) is 12.4 Å². The van der Waals surface area contributed by atoms with Crippen molar-refractivity contribution in [3.63, 3.8) is 0 Å². The van der Waals surface area contributed by atoms with Gasteiger partial charge in [-0.1, -0.05) is 0 Å². The van der Waals surface area contributed by atoms with Crippen LogP contribution in [-0.2, 0) is 14.3 Å². The standard InChI is InChI=1S/C14H19N3O3/c1-4-20-9-12(19)11(8-18)7-10-5-6-17-14(16-3)13(10)15-2/h5-8,15H,4,9H2,1-3H3,(H,16,17)/b11-7+. The van der Waals surface area contributed by atoms with Crippen molar-refractivity contribution < 1.29 is 14.3 Å². The zero-order valence-corrected chi connectivity index (χ0v) is 11.9. The van der Waals surface area contributed by atoms with Crippen molar-refractivity contribution >= 4 is 29.7 Å². The Kier molecular flexibility index (Phi) is 6.39. The van der Waals surface area contributed by atoms with Crippen LogP contribution in [0.3, 0.4) is 0 Å². The van der Waals surface area contributed by atoms with Crippen LogP contribution < -0.4 is 10.6 Å². The van der Waals surface area contributed by atoms with Crippen molar-refractivity contribution in [1.29, 1.82) is 0 Å². The topological polar surface area (TPSA) is 80.3 Å². The van der Waals surface area contributed by atoms with Crippen molar-refractivity contribution in [3.05, 3.63) is 23.4 Å². The summed E-state index contributed by atoms with van der Waals surface area (Å²) >= 11 is 0. The van der Waals surface area contributed by atoms with E-state index in [1.807, 2.05) is 0 Å². The molecule has 0 bridgehead atoms. The van der Waals surface area contributed by atoms with Crippen LogP contribution in [0.1, 0.15) is 12.5 Å². The van der Waals surface area contributed by atoms with E-state index in [4.69, 9.17) is 4.74 Å². The van der Waals surface area contributed by atoms with Crippen molar-refractivity contribution in [2.45, 2.75) is 6.92 Å². The number of carbonyl (C=O) groups is 2. The highest BCUT2D eigenvalue weighted by molar-refractivity contribution is 6.16. The van der Waals surface area contributed by atoms with Crippen LogP contribution in [0.15, 0.2) is 17.8 Å². The van der Waals surface area contributed by atoms with Gasteiger partial charge in [-0.15, -0.1) is 0 Å². The highest BCUT2D eigenvalue weighted by Crippen LogP contribution is 2.24. The lowest BCUT2D eigenvalue weighted by Crippen LogP contribution is -2.12. The fraction of sp³-hybridized carbons (Fsp3) is 0.357. The highest BCUT2D eigenvalue weighted by Gasteiger charge is 2.11. The van der Waals surface area contributed by atoms with Crippen molar-refractivity contribution in [2.75, 3.05) is 37.9 Å². The van der Waals surface area contributed by atoms with Gasteiger partial charge >= 0.3 is 0 Å². The van der Waals surface area contributed by atoms with Crippen LogP contribution in [-0.4, -0.2) is 44.4 Å². The van der Waals surface area contributed by atoms with E-state index in [9.17, 15) is 9.59 Å². The van der Waals surface area contributed by atoms with Crippen LogP contribution in [0.25, 0.3) is 6.08 Å². The number of aromatic nitrogens is 1. The number of anilines is 2. The summed E-state index contributed by atoms with van der Waals surface area (Å²) in [6, 6.07) is 1.73. The molecule has 0 unspecified atom stereocenters. The van der Waals surface area contributed by atoms with E-state index >= 15 is 0 Å². The molecule has 6 heteroatoms. The van der Waals surface area contributed by atoms with Crippen molar-refractivity contribution in [3.8, 4) is 0 Å². The van der Waals surface area contributed by atoms with Gasteiger partial charge in [-0.25, -0.2) is 4.98 Å². The van der Waals surface area contributed by atoms with Crippen LogP contribution in [0.2, 0.25) is 0 Å². The third-order valence-electron chi connectivity index (χ3n) is 2.67. The van der Waals surface area contributed by atoms with Crippen LogP contribution in [0.5, 0.6) is 0 Å². The summed E-state index contributed by atoms with van der Waals surface area (Å²) in [4.78, 5) is 27.0. The minimum atomic E-state index is -0.341. The number of Topliss-reactive ketones (excluding diaryl/α,β-unsaturated/α-hetero) is 1. The van der Waals surface area contributed by atoms with Crippen molar-refractivity contribution in [2.24, 2.45) is 0 Å². The van der Waals surface area contributed by atoms with Gasteiger partial charge in [0.05, 0.1) is 11.3 Å². The lowest BCUT2D eigenvalue weighted by Gasteiger charge is -2.11. The van der Waals surface area contributed by atoms with E-state index in [0.717, 1.165) is 5.69 Å². The molecule has 0 aliphatic heterocycles. The molecule has 1 rings (SSSR count). The van der Waals surface area contributed by atoms with Gasteiger partial charge in [0.25, 0.3) is 0 Å². The molecule has 1 aromatic heterocycles. The normalized spacial score (nSPS) is 11.1. The molecule has 0 aliphatic carbocycles. The average molecular weight is 277 g/mol. The average Bonchev–Trinajstić information content (AvgIpc) is 2.49. The zero-order valence-electron chi connectivity index (χ0n) is 11.9. The minimum Gasteiger partial charge on any atom is -0.385 e. The molecule has 1 aromatic rings. The zero-order chi connectivity index (χ0) is 15.0. The molecule has 20 heavy (non-hydrogen) atoms. The predicted molar refractivity (Wildman–Crippen MR) is 78.9 cm³/mol. The maximum atomic E-state index is 11.8. The molecule has 108 valence electrons. The Labute approximate surface area is 118 Å². The molecule has 0 aliphatic rings. The first-order valence-electron chi connectivity index (χ1n) is 6.30. The Morgan fingerprint density at radius 2 is 2.15 bits per heavy atom. The molecule has 0 atom stereocenters. The summed E-state index contributed by atoms with van der Waals surface area (Å²) in [6.07, 6.45) is 3.68. The number of ether oxygens (including phenoxy) is 1. The largest absolute Gasteiger partial charge is 0.385 e. The first-order valence-corrected chi connectivity index (χ1v) is 6.30. The Hall–Kier alpha value is -2.21. The quantitative estimate of drug-likeness (QED) is 0.323. The van der Waals surface area contributed by atoms with Gasteiger partial charge in [-0.2, -0.15) is 0 Å². The highest BCUT2D eigenvalue weighted by atomic mass is 16.5. The molecule has 0 fully saturated rings. The fourth-order valence-corrected chi connectivity index (χ4v) is 1.68. The van der Waals surface area contributed by atoms with E-state index in [1.165, 1.54) is 6.08 Å². The van der Waals surface area contributed by atoms with E-state index in [1.54, 1.807) is 33.3 Å². The summed E-state index contributed by atoms with van der Waals surface area (Å²) in [6.45, 7) is 2.12. The van der Waals surface area contributed by atoms with E-state index < -0.39 is 0 Å². The number of nitrogens with zero attached hydrogens (tertiary/aromatic N) is 1.